The molecule has 0 saturated heterocycles. The van der Waals surface area contributed by atoms with Crippen molar-refractivity contribution in [2.24, 2.45) is 11.8 Å². The molecule has 0 aliphatic heterocycles. The third kappa shape index (κ3) is 3.52. The molecule has 1 aliphatic carbocycles. The summed E-state index contributed by atoms with van der Waals surface area (Å²) in [6.45, 7) is 4.30. The first-order chi connectivity index (χ1) is 12.0. The van der Waals surface area contributed by atoms with E-state index in [1.54, 1.807) is 0 Å². The number of carboxylic acid groups (broad SMARTS) is 1. The third-order valence-corrected chi connectivity index (χ3v) is 5.02. The molecule has 1 fully saturated rings. The molecule has 25 heavy (non-hydrogen) atoms. The molecule has 0 bridgehead atoms. The number of aryl methyl sites for hydroxylation is 1. The van der Waals surface area contributed by atoms with Crippen molar-refractivity contribution in [2.45, 2.75) is 46.0 Å². The van der Waals surface area contributed by atoms with Gasteiger partial charge in [-0.1, -0.05) is 0 Å². The number of nitrogens with zero attached hydrogens (tertiary/aromatic N) is 2. The summed E-state index contributed by atoms with van der Waals surface area (Å²) in [5.74, 6) is 0.0261. The number of rotatable bonds is 6. The van der Waals surface area contributed by atoms with Gasteiger partial charge in [-0.2, -0.15) is 0 Å². The molecule has 3 rings (SSSR count). The number of ketones is 1. The topological polar surface area (TPSA) is 80.9 Å². The van der Waals surface area contributed by atoms with E-state index in [1.807, 2.05) is 36.6 Å². The Morgan fingerprint density at radius 3 is 2.68 bits per heavy atom. The van der Waals surface area contributed by atoms with Crippen LogP contribution >= 0.6 is 0 Å². The first-order valence-corrected chi connectivity index (χ1v) is 8.87. The van der Waals surface area contributed by atoms with Crippen LogP contribution in [0.4, 0.5) is 0 Å². The monoisotopic (exact) mass is 344 g/mol. The van der Waals surface area contributed by atoms with Gasteiger partial charge in [0.05, 0.1) is 18.2 Å². The molecule has 6 nitrogen and oxygen atoms in total. The number of hydrogen-bond acceptors (Lipinski definition) is 4. The molecule has 0 radical (unpaired) electrons. The number of ether oxygens (including phenoxy) is 1. The highest BCUT2D eigenvalue weighted by molar-refractivity contribution is 5.96. The van der Waals surface area contributed by atoms with Gasteiger partial charge in [0.1, 0.15) is 5.69 Å². The van der Waals surface area contributed by atoms with Crippen LogP contribution in [0.2, 0.25) is 0 Å². The molecule has 1 aliphatic rings. The van der Waals surface area contributed by atoms with Crippen molar-refractivity contribution in [3.05, 3.63) is 29.7 Å². The Morgan fingerprint density at radius 2 is 2.04 bits per heavy atom. The van der Waals surface area contributed by atoms with Crippen LogP contribution in [0.1, 0.15) is 55.2 Å². The lowest BCUT2D eigenvalue weighted by Crippen LogP contribution is -2.23. The molecule has 0 spiro atoms. The molecule has 0 unspecified atom stereocenters. The first-order valence-electron chi connectivity index (χ1n) is 8.87. The Balaban J connectivity index is 1.78. The molecule has 1 N–H and O–H groups in total. The maximum absolute atomic E-state index is 12.9. The minimum atomic E-state index is -0.717. The highest BCUT2D eigenvalue weighted by Gasteiger charge is 2.28. The van der Waals surface area contributed by atoms with Crippen molar-refractivity contribution in [3.8, 4) is 5.75 Å². The van der Waals surface area contributed by atoms with Crippen LogP contribution in [0, 0.1) is 18.8 Å². The molecule has 0 aromatic carbocycles. The second kappa shape index (κ2) is 7.25. The van der Waals surface area contributed by atoms with Crippen LogP contribution in [0.5, 0.6) is 5.75 Å². The molecule has 2 aromatic rings. The van der Waals surface area contributed by atoms with Gasteiger partial charge >= 0.3 is 5.97 Å². The molecule has 0 atom stereocenters. The summed E-state index contributed by atoms with van der Waals surface area (Å²) in [5.41, 5.74) is 1.98. The van der Waals surface area contributed by atoms with E-state index in [0.717, 1.165) is 12.8 Å². The summed E-state index contributed by atoms with van der Waals surface area (Å²) >= 11 is 0. The molecule has 1 saturated carbocycles. The van der Waals surface area contributed by atoms with Crippen molar-refractivity contribution in [2.75, 3.05) is 6.61 Å². The quantitative estimate of drug-likeness (QED) is 0.811. The van der Waals surface area contributed by atoms with E-state index < -0.39 is 5.97 Å². The Labute approximate surface area is 146 Å². The lowest BCUT2D eigenvalue weighted by molar-refractivity contribution is -0.143. The van der Waals surface area contributed by atoms with Gasteiger partial charge in [-0.05, 0) is 57.6 Å². The minimum absolute atomic E-state index is 0.0671. The number of Topliss-reactive ketones (excluding diaryl/α,β-unsaturated/α-hetero) is 1. The summed E-state index contributed by atoms with van der Waals surface area (Å²) in [4.78, 5) is 28.5. The summed E-state index contributed by atoms with van der Waals surface area (Å²) in [6, 6.07) is 3.71. The predicted molar refractivity (Wildman–Crippen MR) is 93.1 cm³/mol. The fourth-order valence-electron chi connectivity index (χ4n) is 3.73. The SMILES string of the molecule is CCOc1cccn2c(C(=O)CC3CCC(C(=O)O)CC3)c(C)nc12. The van der Waals surface area contributed by atoms with E-state index in [-0.39, 0.29) is 17.6 Å². The first kappa shape index (κ1) is 17.5. The van der Waals surface area contributed by atoms with Gasteiger partial charge in [-0.25, -0.2) is 4.98 Å². The van der Waals surface area contributed by atoms with Crippen LogP contribution < -0.4 is 4.74 Å². The lowest BCUT2D eigenvalue weighted by atomic mass is 9.79. The van der Waals surface area contributed by atoms with Crippen LogP contribution in [0.3, 0.4) is 0 Å². The van der Waals surface area contributed by atoms with Crippen molar-refractivity contribution in [1.29, 1.82) is 0 Å². The van der Waals surface area contributed by atoms with E-state index in [4.69, 9.17) is 9.84 Å². The largest absolute Gasteiger partial charge is 0.490 e. The van der Waals surface area contributed by atoms with Crippen LogP contribution in [-0.4, -0.2) is 32.9 Å². The highest BCUT2D eigenvalue weighted by atomic mass is 16.5. The van der Waals surface area contributed by atoms with Gasteiger partial charge in [-0.3, -0.25) is 14.0 Å². The Bertz CT molecular complexity index is 788. The van der Waals surface area contributed by atoms with Gasteiger partial charge in [0.25, 0.3) is 0 Å². The second-order valence-corrected chi connectivity index (χ2v) is 6.73. The fourth-order valence-corrected chi connectivity index (χ4v) is 3.73. The summed E-state index contributed by atoms with van der Waals surface area (Å²) < 4.78 is 7.41. The normalized spacial score (nSPS) is 20.6. The van der Waals surface area contributed by atoms with Gasteiger partial charge < -0.3 is 9.84 Å². The number of carbonyl (C=O) groups is 2. The number of carboxylic acids is 1. The zero-order chi connectivity index (χ0) is 18.0. The lowest BCUT2D eigenvalue weighted by Gasteiger charge is -2.25. The molecule has 6 heteroatoms. The number of aromatic nitrogens is 2. The second-order valence-electron chi connectivity index (χ2n) is 6.73. The number of hydrogen-bond donors (Lipinski definition) is 1. The number of pyridine rings is 1. The number of carbonyl (C=O) groups excluding carboxylic acids is 1. The zero-order valence-electron chi connectivity index (χ0n) is 14.7. The zero-order valence-corrected chi connectivity index (χ0v) is 14.7. The highest BCUT2D eigenvalue weighted by Crippen LogP contribution is 2.32. The average molecular weight is 344 g/mol. The van der Waals surface area contributed by atoms with E-state index in [1.165, 1.54) is 0 Å². The Kier molecular flexibility index (Phi) is 5.06. The van der Waals surface area contributed by atoms with E-state index in [0.29, 0.717) is 48.7 Å². The summed E-state index contributed by atoms with van der Waals surface area (Å²) in [6.07, 6.45) is 5.19. The van der Waals surface area contributed by atoms with Crippen molar-refractivity contribution in [3.63, 3.8) is 0 Å². The summed E-state index contributed by atoms with van der Waals surface area (Å²) in [7, 11) is 0. The Morgan fingerprint density at radius 1 is 1.32 bits per heavy atom. The van der Waals surface area contributed by atoms with E-state index in [9.17, 15) is 9.59 Å². The fraction of sp³-hybridized carbons (Fsp3) is 0.526. The van der Waals surface area contributed by atoms with Gasteiger partial charge in [-0.15, -0.1) is 0 Å². The molecular formula is C19H24N2O4. The van der Waals surface area contributed by atoms with E-state index in [2.05, 4.69) is 4.98 Å². The van der Waals surface area contributed by atoms with Gasteiger partial charge in [0.15, 0.2) is 17.2 Å². The average Bonchev–Trinajstić information content (AvgIpc) is 2.92. The maximum Gasteiger partial charge on any atom is 0.306 e. The van der Waals surface area contributed by atoms with Crippen molar-refractivity contribution in [1.82, 2.24) is 9.38 Å². The van der Waals surface area contributed by atoms with Crippen LogP contribution in [0.15, 0.2) is 18.3 Å². The number of imidazole rings is 1. The van der Waals surface area contributed by atoms with Crippen molar-refractivity contribution >= 4 is 17.4 Å². The molecular weight excluding hydrogens is 320 g/mol. The van der Waals surface area contributed by atoms with Crippen molar-refractivity contribution < 1.29 is 19.4 Å². The summed E-state index contributed by atoms with van der Waals surface area (Å²) in [5, 5.41) is 9.09. The van der Waals surface area contributed by atoms with Gasteiger partial charge in [0, 0.05) is 12.6 Å². The van der Waals surface area contributed by atoms with Crippen LogP contribution in [-0.2, 0) is 4.79 Å². The maximum atomic E-state index is 12.9. The van der Waals surface area contributed by atoms with Gasteiger partial charge in [0.2, 0.25) is 0 Å². The number of aliphatic carboxylic acids is 1. The molecule has 2 heterocycles. The standard InChI is InChI=1S/C19H24N2O4/c1-3-25-16-5-4-10-21-17(12(2)20-18(16)21)15(22)11-13-6-8-14(9-7-13)19(23)24/h4-5,10,13-14H,3,6-9,11H2,1-2H3,(H,23,24). The molecule has 134 valence electrons. The molecule has 0 amide bonds. The number of fused-ring (bicyclic) bond motifs is 1. The Hall–Kier alpha value is -2.37. The third-order valence-electron chi connectivity index (χ3n) is 5.02. The smallest absolute Gasteiger partial charge is 0.306 e. The molecule has 2 aromatic heterocycles. The minimum Gasteiger partial charge on any atom is -0.490 e. The van der Waals surface area contributed by atoms with E-state index >= 15 is 0 Å². The van der Waals surface area contributed by atoms with Crippen LogP contribution in [0.25, 0.3) is 5.65 Å². The predicted octanol–water partition coefficient (Wildman–Crippen LogP) is 3.51.